The van der Waals surface area contributed by atoms with Gasteiger partial charge in [0.15, 0.2) is 17.1 Å². The van der Waals surface area contributed by atoms with Crippen LogP contribution < -0.4 is 10.1 Å². The molecule has 0 spiro atoms. The van der Waals surface area contributed by atoms with E-state index < -0.39 is 23.9 Å². The molecule has 10 nitrogen and oxygen atoms in total. The summed E-state index contributed by atoms with van der Waals surface area (Å²) in [7, 11) is 2.47. The average Bonchev–Trinajstić information content (AvgIpc) is 3.30. The van der Waals surface area contributed by atoms with Gasteiger partial charge in [-0.25, -0.2) is 9.59 Å². The lowest BCUT2D eigenvalue weighted by atomic mass is 10.1. The number of aromatic nitrogens is 3. The summed E-state index contributed by atoms with van der Waals surface area (Å²) < 4.78 is 17.4. The van der Waals surface area contributed by atoms with Gasteiger partial charge in [0.2, 0.25) is 5.91 Å². The van der Waals surface area contributed by atoms with Crippen LogP contribution in [0.2, 0.25) is 0 Å². The number of para-hydroxylation sites is 1. The Bertz CT molecular complexity index is 1310. The molecule has 1 atom stereocenters. The highest BCUT2D eigenvalue weighted by atomic mass is 32.2. The second-order valence-electron chi connectivity index (χ2n) is 7.85. The number of carbonyl (C=O) groups excluding carboxylic acids is 3. The van der Waals surface area contributed by atoms with Crippen molar-refractivity contribution < 1.29 is 28.6 Å². The lowest BCUT2D eigenvalue weighted by molar-refractivity contribution is -0.113. The number of anilines is 1. The first kappa shape index (κ1) is 27.5. The molecular weight excluding hydrogens is 496 g/mol. The fourth-order valence-corrected chi connectivity index (χ4v) is 4.19. The zero-order chi connectivity index (χ0) is 26.9. The minimum atomic E-state index is -0.655. The molecule has 3 aromatic rings. The van der Waals surface area contributed by atoms with E-state index in [2.05, 4.69) is 22.1 Å². The van der Waals surface area contributed by atoms with Crippen molar-refractivity contribution in [3.05, 3.63) is 77.6 Å². The molecule has 1 unspecified atom stereocenters. The van der Waals surface area contributed by atoms with E-state index in [1.165, 1.54) is 32.4 Å². The van der Waals surface area contributed by atoms with Gasteiger partial charge in [0.1, 0.15) is 5.75 Å². The third-order valence-corrected chi connectivity index (χ3v) is 6.24. The van der Waals surface area contributed by atoms with E-state index in [0.29, 0.717) is 17.5 Å². The number of ether oxygens (including phenoxy) is 3. The number of nitrogens with one attached hydrogen (secondary N) is 1. The molecule has 0 saturated carbocycles. The van der Waals surface area contributed by atoms with E-state index in [4.69, 9.17) is 14.2 Å². The molecule has 11 heteroatoms. The molecule has 1 N–H and O–H groups in total. The predicted molar refractivity (Wildman–Crippen MR) is 139 cm³/mol. The number of hydrogen-bond acceptors (Lipinski definition) is 9. The zero-order valence-electron chi connectivity index (χ0n) is 21.0. The maximum Gasteiger partial charge on any atom is 0.339 e. The smallest absolute Gasteiger partial charge is 0.339 e. The van der Waals surface area contributed by atoms with Gasteiger partial charge in [-0.05, 0) is 43.7 Å². The van der Waals surface area contributed by atoms with Crippen LogP contribution in [0.1, 0.15) is 45.1 Å². The van der Waals surface area contributed by atoms with Crippen LogP contribution in [0.5, 0.6) is 5.75 Å². The fourth-order valence-electron chi connectivity index (χ4n) is 3.44. The lowest BCUT2D eigenvalue weighted by Gasteiger charge is -2.17. The fraction of sp³-hybridized carbons (Fsp3) is 0.269. The van der Waals surface area contributed by atoms with Gasteiger partial charge in [-0.1, -0.05) is 36.0 Å². The number of aryl methyl sites for hydroxylation is 1. The normalized spacial score (nSPS) is 11.4. The Hall–Kier alpha value is -4.12. The Balaban J connectivity index is 1.75. The van der Waals surface area contributed by atoms with Crippen molar-refractivity contribution in [2.24, 2.45) is 0 Å². The molecule has 0 aliphatic rings. The van der Waals surface area contributed by atoms with E-state index >= 15 is 0 Å². The van der Waals surface area contributed by atoms with Crippen LogP contribution in [0, 0.1) is 6.92 Å². The summed E-state index contributed by atoms with van der Waals surface area (Å²) in [6.45, 7) is 8.06. The summed E-state index contributed by atoms with van der Waals surface area (Å²) in [6.07, 6.45) is 1.30. The first-order valence-corrected chi connectivity index (χ1v) is 12.3. The molecule has 1 amide bonds. The maximum absolute atomic E-state index is 12.8. The van der Waals surface area contributed by atoms with Crippen LogP contribution in [-0.4, -0.2) is 52.6 Å². The van der Waals surface area contributed by atoms with E-state index in [9.17, 15) is 14.4 Å². The van der Waals surface area contributed by atoms with Gasteiger partial charge >= 0.3 is 11.9 Å². The van der Waals surface area contributed by atoms with Crippen molar-refractivity contribution in [2.45, 2.75) is 31.7 Å². The number of methoxy groups -OCH3 is 2. The highest BCUT2D eigenvalue weighted by Gasteiger charge is 2.21. The van der Waals surface area contributed by atoms with Crippen LogP contribution in [0.25, 0.3) is 0 Å². The monoisotopic (exact) mass is 524 g/mol. The molecule has 3 rings (SSSR count). The SMILES string of the molecule is C=CCn1c(SCC(=O)Nc2cc(C(=O)OC)ccc2C(=O)OC)nnc1C(C)Oc1ccccc1C. The van der Waals surface area contributed by atoms with Crippen LogP contribution in [0.4, 0.5) is 5.69 Å². The summed E-state index contributed by atoms with van der Waals surface area (Å²) in [4.78, 5) is 36.8. The summed E-state index contributed by atoms with van der Waals surface area (Å²) >= 11 is 1.16. The Morgan fingerprint density at radius 2 is 1.84 bits per heavy atom. The van der Waals surface area contributed by atoms with Crippen LogP contribution in [-0.2, 0) is 20.8 Å². The molecule has 194 valence electrons. The minimum absolute atomic E-state index is 0.0363. The molecule has 0 bridgehead atoms. The van der Waals surface area contributed by atoms with Gasteiger partial charge in [-0.2, -0.15) is 0 Å². The lowest BCUT2D eigenvalue weighted by Crippen LogP contribution is -2.18. The summed E-state index contributed by atoms with van der Waals surface area (Å²) in [5.41, 5.74) is 1.41. The third kappa shape index (κ3) is 6.76. The van der Waals surface area contributed by atoms with Crippen LogP contribution in [0.15, 0.2) is 60.3 Å². The van der Waals surface area contributed by atoms with Crippen molar-refractivity contribution in [3.63, 3.8) is 0 Å². The molecule has 1 heterocycles. The van der Waals surface area contributed by atoms with E-state index in [1.807, 2.05) is 42.7 Å². The number of rotatable bonds is 11. The van der Waals surface area contributed by atoms with Gasteiger partial charge in [0.25, 0.3) is 0 Å². The van der Waals surface area contributed by atoms with Crippen molar-refractivity contribution in [1.29, 1.82) is 0 Å². The number of amides is 1. The van der Waals surface area contributed by atoms with Gasteiger partial charge in [0.05, 0.1) is 36.8 Å². The zero-order valence-corrected chi connectivity index (χ0v) is 21.8. The third-order valence-electron chi connectivity index (χ3n) is 5.27. The van der Waals surface area contributed by atoms with Gasteiger partial charge < -0.3 is 19.5 Å². The number of benzene rings is 2. The van der Waals surface area contributed by atoms with Gasteiger partial charge in [-0.3, -0.25) is 9.36 Å². The first-order valence-electron chi connectivity index (χ1n) is 11.3. The number of esters is 2. The second-order valence-corrected chi connectivity index (χ2v) is 8.79. The van der Waals surface area contributed by atoms with E-state index in [-0.39, 0.29) is 22.6 Å². The molecule has 0 saturated heterocycles. The summed E-state index contributed by atoms with van der Waals surface area (Å²) in [5, 5.41) is 11.7. The Labute approximate surface area is 219 Å². The van der Waals surface area contributed by atoms with Crippen LogP contribution >= 0.6 is 11.8 Å². The number of carbonyl (C=O) groups is 3. The number of thioether (sulfide) groups is 1. The van der Waals surface area contributed by atoms with Crippen molar-refractivity contribution in [2.75, 3.05) is 25.3 Å². The summed E-state index contributed by atoms with van der Waals surface area (Å²) in [5.74, 6) is -0.384. The van der Waals surface area contributed by atoms with Gasteiger partial charge in [0, 0.05) is 6.54 Å². The van der Waals surface area contributed by atoms with Crippen molar-refractivity contribution in [3.8, 4) is 5.75 Å². The molecule has 37 heavy (non-hydrogen) atoms. The number of allylic oxidation sites excluding steroid dienone is 1. The van der Waals surface area contributed by atoms with Gasteiger partial charge in [-0.15, -0.1) is 16.8 Å². The second kappa shape index (κ2) is 12.7. The molecule has 0 aliphatic carbocycles. The van der Waals surface area contributed by atoms with Crippen LogP contribution in [0.3, 0.4) is 0 Å². The largest absolute Gasteiger partial charge is 0.482 e. The molecule has 0 radical (unpaired) electrons. The molecule has 0 aliphatic heterocycles. The Morgan fingerprint density at radius 1 is 1.11 bits per heavy atom. The standard InChI is InChI=1S/C26H28N4O6S/c1-6-13-30-23(17(3)36-21-10-8-7-9-16(21)2)28-29-26(30)37-15-22(31)27-20-14-18(24(32)34-4)11-12-19(20)25(33)35-5/h6-12,14,17H,1,13,15H2,2-5H3,(H,27,31). The molecule has 0 fully saturated rings. The highest BCUT2D eigenvalue weighted by Crippen LogP contribution is 2.27. The maximum atomic E-state index is 12.8. The molecule has 1 aromatic heterocycles. The van der Waals surface area contributed by atoms with E-state index in [1.54, 1.807) is 6.08 Å². The minimum Gasteiger partial charge on any atom is -0.482 e. The average molecular weight is 525 g/mol. The Kier molecular flexibility index (Phi) is 9.45. The Morgan fingerprint density at radius 3 is 2.51 bits per heavy atom. The van der Waals surface area contributed by atoms with Crippen molar-refractivity contribution in [1.82, 2.24) is 14.8 Å². The number of hydrogen-bond donors (Lipinski definition) is 1. The summed E-state index contributed by atoms with van der Waals surface area (Å²) in [6, 6.07) is 11.9. The van der Waals surface area contributed by atoms with E-state index in [0.717, 1.165) is 23.1 Å². The quantitative estimate of drug-likeness (QED) is 0.223. The predicted octanol–water partition coefficient (Wildman–Crippen LogP) is 4.22. The topological polar surface area (TPSA) is 122 Å². The molecular formula is C26H28N4O6S. The highest BCUT2D eigenvalue weighted by molar-refractivity contribution is 7.99. The molecule has 2 aromatic carbocycles. The van der Waals surface area contributed by atoms with Crippen molar-refractivity contribution >= 4 is 35.3 Å². The first-order chi connectivity index (χ1) is 17.8. The number of nitrogens with zero attached hydrogens (tertiary/aromatic N) is 3.